The second kappa shape index (κ2) is 8.50. The molecule has 1 aromatic carbocycles. The summed E-state index contributed by atoms with van der Waals surface area (Å²) in [5.74, 6) is 1.35. The molecule has 9 nitrogen and oxygen atoms in total. The maximum Gasteiger partial charge on any atom is 0.319 e. The van der Waals surface area contributed by atoms with Gasteiger partial charge in [-0.3, -0.25) is 0 Å². The molecule has 1 heterocycles. The van der Waals surface area contributed by atoms with Gasteiger partial charge in [0.25, 0.3) is 0 Å². The van der Waals surface area contributed by atoms with E-state index in [0.717, 1.165) is 0 Å². The predicted molar refractivity (Wildman–Crippen MR) is 97.3 cm³/mol. The van der Waals surface area contributed by atoms with Crippen molar-refractivity contribution in [2.24, 2.45) is 0 Å². The molecular formula is C17H26N4O5. The van der Waals surface area contributed by atoms with Crippen LogP contribution in [0.25, 0.3) is 0 Å². The largest absolute Gasteiger partial charge is 0.493 e. The highest BCUT2D eigenvalue weighted by Crippen LogP contribution is 2.39. The molecule has 0 aliphatic carbocycles. The summed E-state index contributed by atoms with van der Waals surface area (Å²) in [6, 6.07) is 2.79. The molecule has 0 spiro atoms. The third-order valence-electron chi connectivity index (χ3n) is 4.10. The summed E-state index contributed by atoms with van der Waals surface area (Å²) in [5, 5.41) is 5.64. The minimum atomic E-state index is -0.358. The molecule has 1 unspecified atom stereocenters. The molecule has 26 heavy (non-hydrogen) atoms. The van der Waals surface area contributed by atoms with Gasteiger partial charge in [-0.2, -0.15) is 0 Å². The van der Waals surface area contributed by atoms with Crippen LogP contribution in [-0.4, -0.2) is 76.4 Å². The second-order valence-electron chi connectivity index (χ2n) is 6.12. The van der Waals surface area contributed by atoms with Gasteiger partial charge in [-0.25, -0.2) is 9.59 Å². The quantitative estimate of drug-likeness (QED) is 0.826. The first-order chi connectivity index (χ1) is 12.4. The SMILES string of the molecule is COc1cc(NC(=O)NC2CCN(C(=O)N(C)C)C2)cc(OC)c1OC. The molecular weight excluding hydrogens is 340 g/mol. The van der Waals surface area contributed by atoms with Gasteiger partial charge in [-0.15, -0.1) is 0 Å². The summed E-state index contributed by atoms with van der Waals surface area (Å²) in [6.45, 7) is 1.10. The Hall–Kier alpha value is -2.84. The average Bonchev–Trinajstić information content (AvgIpc) is 3.07. The van der Waals surface area contributed by atoms with Gasteiger partial charge in [0, 0.05) is 45.4 Å². The van der Waals surface area contributed by atoms with E-state index in [1.165, 1.54) is 26.2 Å². The summed E-state index contributed by atoms with van der Waals surface area (Å²) in [6.07, 6.45) is 0.711. The van der Waals surface area contributed by atoms with Gasteiger partial charge < -0.3 is 34.6 Å². The number of ether oxygens (including phenoxy) is 3. The second-order valence-corrected chi connectivity index (χ2v) is 6.12. The number of benzene rings is 1. The molecule has 1 aromatic rings. The van der Waals surface area contributed by atoms with Crippen LogP contribution in [0.5, 0.6) is 17.2 Å². The first kappa shape index (κ1) is 19.5. The van der Waals surface area contributed by atoms with E-state index in [2.05, 4.69) is 10.6 Å². The summed E-state index contributed by atoms with van der Waals surface area (Å²) in [4.78, 5) is 27.5. The summed E-state index contributed by atoms with van der Waals surface area (Å²) in [7, 11) is 7.95. The van der Waals surface area contributed by atoms with Gasteiger partial charge in [-0.1, -0.05) is 0 Å². The van der Waals surface area contributed by atoms with E-state index in [1.54, 1.807) is 31.1 Å². The van der Waals surface area contributed by atoms with Crippen molar-refractivity contribution in [3.8, 4) is 17.2 Å². The van der Waals surface area contributed by atoms with Crippen LogP contribution in [0.2, 0.25) is 0 Å². The highest BCUT2D eigenvalue weighted by molar-refractivity contribution is 5.90. The molecule has 0 aromatic heterocycles. The molecule has 2 rings (SSSR count). The molecule has 0 radical (unpaired) electrons. The first-order valence-electron chi connectivity index (χ1n) is 8.23. The van der Waals surface area contributed by atoms with Gasteiger partial charge in [0.2, 0.25) is 5.75 Å². The van der Waals surface area contributed by atoms with Crippen molar-refractivity contribution in [2.45, 2.75) is 12.5 Å². The number of carbonyl (C=O) groups excluding carboxylic acids is 2. The number of rotatable bonds is 5. The minimum Gasteiger partial charge on any atom is -0.493 e. The smallest absolute Gasteiger partial charge is 0.319 e. The number of nitrogens with zero attached hydrogens (tertiary/aromatic N) is 2. The summed E-state index contributed by atoms with van der Waals surface area (Å²) in [5.41, 5.74) is 0.510. The molecule has 2 N–H and O–H groups in total. The Kier molecular flexibility index (Phi) is 6.37. The third kappa shape index (κ3) is 4.41. The van der Waals surface area contributed by atoms with Crippen LogP contribution in [0.15, 0.2) is 12.1 Å². The number of hydrogen-bond donors (Lipinski definition) is 2. The number of hydrogen-bond acceptors (Lipinski definition) is 5. The number of urea groups is 2. The van der Waals surface area contributed by atoms with E-state index in [1.807, 2.05) is 0 Å². The van der Waals surface area contributed by atoms with E-state index in [-0.39, 0.29) is 18.1 Å². The molecule has 9 heteroatoms. The number of anilines is 1. The number of amides is 4. The van der Waals surface area contributed by atoms with E-state index in [0.29, 0.717) is 42.4 Å². The fourth-order valence-corrected chi connectivity index (χ4v) is 2.84. The Labute approximate surface area is 153 Å². The minimum absolute atomic E-state index is 0.0562. The molecule has 1 atom stereocenters. The van der Waals surface area contributed by atoms with Crippen molar-refractivity contribution < 1.29 is 23.8 Å². The highest BCUT2D eigenvalue weighted by atomic mass is 16.5. The number of likely N-dealkylation sites (tertiary alicyclic amines) is 1. The standard InChI is InChI=1S/C17H26N4O5/c1-20(2)17(23)21-7-6-11(10-21)18-16(22)19-12-8-13(24-3)15(26-5)14(9-12)25-4/h8-9,11H,6-7,10H2,1-5H3,(H2,18,19,22). The van der Waals surface area contributed by atoms with Crippen molar-refractivity contribution >= 4 is 17.7 Å². The predicted octanol–water partition coefficient (Wildman–Crippen LogP) is 1.59. The molecule has 1 saturated heterocycles. The maximum absolute atomic E-state index is 12.3. The molecule has 144 valence electrons. The van der Waals surface area contributed by atoms with Gasteiger partial charge in [0.15, 0.2) is 11.5 Å². The van der Waals surface area contributed by atoms with Crippen LogP contribution in [-0.2, 0) is 0 Å². The fraction of sp³-hybridized carbons (Fsp3) is 0.529. The van der Waals surface area contributed by atoms with Crippen LogP contribution in [0, 0.1) is 0 Å². The molecule has 1 fully saturated rings. The molecule has 0 bridgehead atoms. The van der Waals surface area contributed by atoms with Crippen molar-refractivity contribution in [1.29, 1.82) is 0 Å². The zero-order valence-corrected chi connectivity index (χ0v) is 15.8. The summed E-state index contributed by atoms with van der Waals surface area (Å²) >= 11 is 0. The first-order valence-corrected chi connectivity index (χ1v) is 8.23. The topological polar surface area (TPSA) is 92.4 Å². The Morgan fingerprint density at radius 3 is 2.23 bits per heavy atom. The lowest BCUT2D eigenvalue weighted by atomic mass is 10.2. The van der Waals surface area contributed by atoms with Crippen molar-refractivity contribution in [1.82, 2.24) is 15.1 Å². The molecule has 1 aliphatic rings. The van der Waals surface area contributed by atoms with Gasteiger partial charge >= 0.3 is 12.1 Å². The zero-order chi connectivity index (χ0) is 19.3. The zero-order valence-electron chi connectivity index (χ0n) is 15.8. The van der Waals surface area contributed by atoms with E-state index in [4.69, 9.17) is 14.2 Å². The number of carbonyl (C=O) groups is 2. The van der Waals surface area contributed by atoms with Crippen LogP contribution < -0.4 is 24.8 Å². The van der Waals surface area contributed by atoms with Crippen molar-refractivity contribution in [2.75, 3.05) is 53.8 Å². The maximum atomic E-state index is 12.3. The molecule has 1 aliphatic heterocycles. The average molecular weight is 366 g/mol. The van der Waals surface area contributed by atoms with Crippen molar-refractivity contribution in [3.63, 3.8) is 0 Å². The van der Waals surface area contributed by atoms with Gasteiger partial charge in [-0.05, 0) is 6.42 Å². The number of methoxy groups -OCH3 is 3. The third-order valence-corrected chi connectivity index (χ3v) is 4.10. The Morgan fingerprint density at radius 1 is 1.12 bits per heavy atom. The van der Waals surface area contributed by atoms with Gasteiger partial charge in [0.1, 0.15) is 0 Å². The monoisotopic (exact) mass is 366 g/mol. The van der Waals surface area contributed by atoms with E-state index >= 15 is 0 Å². The van der Waals surface area contributed by atoms with Crippen LogP contribution >= 0.6 is 0 Å². The summed E-state index contributed by atoms with van der Waals surface area (Å²) < 4.78 is 15.8. The normalized spacial score (nSPS) is 16.0. The molecule has 0 saturated carbocycles. The van der Waals surface area contributed by atoms with Crippen molar-refractivity contribution in [3.05, 3.63) is 12.1 Å². The lowest BCUT2D eigenvalue weighted by Crippen LogP contribution is -2.42. The lowest BCUT2D eigenvalue weighted by molar-refractivity contribution is 0.180. The Balaban J connectivity index is 1.99. The Morgan fingerprint density at radius 2 is 1.73 bits per heavy atom. The molecule has 4 amide bonds. The lowest BCUT2D eigenvalue weighted by Gasteiger charge is -2.21. The Bertz CT molecular complexity index is 640. The van der Waals surface area contributed by atoms with Crippen LogP contribution in [0.1, 0.15) is 6.42 Å². The van der Waals surface area contributed by atoms with E-state index in [9.17, 15) is 9.59 Å². The van der Waals surface area contributed by atoms with E-state index < -0.39 is 0 Å². The highest BCUT2D eigenvalue weighted by Gasteiger charge is 2.28. The van der Waals surface area contributed by atoms with Crippen LogP contribution in [0.3, 0.4) is 0 Å². The number of nitrogens with one attached hydrogen (secondary N) is 2. The fourth-order valence-electron chi connectivity index (χ4n) is 2.84. The van der Waals surface area contributed by atoms with Gasteiger partial charge in [0.05, 0.1) is 27.0 Å². The van der Waals surface area contributed by atoms with Crippen LogP contribution in [0.4, 0.5) is 15.3 Å².